The second kappa shape index (κ2) is 8.84. The van der Waals surface area contributed by atoms with Crippen LogP contribution in [0.5, 0.6) is 0 Å². The number of carbonyl (C=O) groups is 2. The Labute approximate surface area is 125 Å². The maximum Gasteiger partial charge on any atom is 0.318 e. The maximum atomic E-state index is 12.4. The normalized spacial score (nSPS) is 22.8. The van der Waals surface area contributed by atoms with Gasteiger partial charge in [0, 0.05) is 26.8 Å². The molecule has 3 unspecified atom stereocenters. The molecule has 1 aliphatic rings. The SMILES string of the molecule is COCCN(C(=O)NC1CCC(C(=O)O)C1)C(C)COC. The summed E-state index contributed by atoms with van der Waals surface area (Å²) in [7, 11) is 3.18. The predicted molar refractivity (Wildman–Crippen MR) is 77.2 cm³/mol. The van der Waals surface area contributed by atoms with Crippen LogP contribution < -0.4 is 5.32 Å². The second-order valence-corrected chi connectivity index (χ2v) is 5.49. The van der Waals surface area contributed by atoms with E-state index >= 15 is 0 Å². The van der Waals surface area contributed by atoms with Crippen LogP contribution in [0.4, 0.5) is 4.79 Å². The van der Waals surface area contributed by atoms with Gasteiger partial charge in [-0.1, -0.05) is 0 Å². The number of carbonyl (C=O) groups excluding carboxylic acids is 1. The van der Waals surface area contributed by atoms with E-state index in [-0.39, 0.29) is 24.0 Å². The van der Waals surface area contributed by atoms with Crippen LogP contribution in [0.2, 0.25) is 0 Å². The van der Waals surface area contributed by atoms with Gasteiger partial charge < -0.3 is 24.8 Å². The first kappa shape index (κ1) is 17.7. The van der Waals surface area contributed by atoms with Crippen molar-refractivity contribution in [1.29, 1.82) is 0 Å². The fourth-order valence-corrected chi connectivity index (χ4v) is 2.64. The van der Waals surface area contributed by atoms with Gasteiger partial charge in [-0.15, -0.1) is 0 Å². The highest BCUT2D eigenvalue weighted by Crippen LogP contribution is 2.25. The molecule has 7 nitrogen and oxygen atoms in total. The molecule has 7 heteroatoms. The summed E-state index contributed by atoms with van der Waals surface area (Å²) in [6, 6.07) is -0.326. The first-order valence-electron chi connectivity index (χ1n) is 7.27. The Morgan fingerprint density at radius 1 is 1.33 bits per heavy atom. The smallest absolute Gasteiger partial charge is 0.318 e. The molecule has 0 aromatic rings. The molecule has 1 aliphatic carbocycles. The Kier molecular flexibility index (Phi) is 7.45. The molecule has 0 aromatic heterocycles. The number of ether oxygens (including phenoxy) is 2. The number of carboxylic acids is 1. The Morgan fingerprint density at radius 2 is 2.05 bits per heavy atom. The largest absolute Gasteiger partial charge is 0.481 e. The number of nitrogens with zero attached hydrogens (tertiary/aromatic N) is 1. The van der Waals surface area contributed by atoms with Crippen LogP contribution >= 0.6 is 0 Å². The lowest BCUT2D eigenvalue weighted by molar-refractivity contribution is -0.141. The van der Waals surface area contributed by atoms with Crippen LogP contribution in [0.25, 0.3) is 0 Å². The predicted octanol–water partition coefficient (Wildman–Crippen LogP) is 0.933. The van der Waals surface area contributed by atoms with Crippen molar-refractivity contribution in [2.75, 3.05) is 34.0 Å². The van der Waals surface area contributed by atoms with Crippen LogP contribution in [-0.2, 0) is 14.3 Å². The zero-order chi connectivity index (χ0) is 15.8. The number of hydrogen-bond acceptors (Lipinski definition) is 4. The zero-order valence-corrected chi connectivity index (χ0v) is 13.0. The number of urea groups is 1. The number of nitrogens with one attached hydrogen (secondary N) is 1. The summed E-state index contributed by atoms with van der Waals surface area (Å²) in [5.41, 5.74) is 0. The van der Waals surface area contributed by atoms with Crippen molar-refractivity contribution < 1.29 is 24.2 Å². The van der Waals surface area contributed by atoms with Crippen molar-refractivity contribution in [2.24, 2.45) is 5.92 Å². The molecule has 1 saturated carbocycles. The fraction of sp³-hybridized carbons (Fsp3) is 0.857. The van der Waals surface area contributed by atoms with E-state index in [4.69, 9.17) is 14.6 Å². The molecule has 0 aliphatic heterocycles. The summed E-state index contributed by atoms with van der Waals surface area (Å²) in [5, 5.41) is 11.9. The summed E-state index contributed by atoms with van der Waals surface area (Å²) in [5.74, 6) is -1.13. The molecule has 2 amide bonds. The molecule has 0 bridgehead atoms. The molecule has 1 fully saturated rings. The summed E-state index contributed by atoms with van der Waals surface area (Å²) in [6.07, 6.45) is 1.82. The van der Waals surface area contributed by atoms with E-state index in [1.165, 1.54) is 0 Å². The van der Waals surface area contributed by atoms with E-state index in [0.29, 0.717) is 39.0 Å². The van der Waals surface area contributed by atoms with E-state index in [9.17, 15) is 9.59 Å². The Bertz CT molecular complexity index is 350. The van der Waals surface area contributed by atoms with Gasteiger partial charge in [0.15, 0.2) is 0 Å². The number of hydrogen-bond donors (Lipinski definition) is 2. The summed E-state index contributed by atoms with van der Waals surface area (Å²) in [6.45, 7) is 3.28. The minimum Gasteiger partial charge on any atom is -0.481 e. The zero-order valence-electron chi connectivity index (χ0n) is 13.0. The number of aliphatic carboxylic acids is 1. The molecule has 1 rings (SSSR count). The lowest BCUT2D eigenvalue weighted by Crippen LogP contribution is -2.50. The molecule has 0 saturated heterocycles. The van der Waals surface area contributed by atoms with Crippen molar-refractivity contribution in [3.05, 3.63) is 0 Å². The standard InChI is InChI=1S/C14H26N2O5/c1-10(9-21-3)16(6-7-20-2)14(19)15-12-5-4-11(8-12)13(17)18/h10-12H,4-9H2,1-3H3,(H,15,19)(H,17,18). The van der Waals surface area contributed by atoms with Gasteiger partial charge >= 0.3 is 12.0 Å². The molecule has 0 aromatic carbocycles. The van der Waals surface area contributed by atoms with Crippen molar-refractivity contribution in [2.45, 2.75) is 38.3 Å². The molecule has 21 heavy (non-hydrogen) atoms. The van der Waals surface area contributed by atoms with Gasteiger partial charge in [-0.25, -0.2) is 4.79 Å². The molecule has 0 heterocycles. The molecule has 3 atom stereocenters. The minimum absolute atomic E-state index is 0.0678. The van der Waals surface area contributed by atoms with Gasteiger partial charge in [-0.3, -0.25) is 4.79 Å². The summed E-state index contributed by atoms with van der Waals surface area (Å²) >= 11 is 0. The van der Waals surface area contributed by atoms with Gasteiger partial charge in [-0.2, -0.15) is 0 Å². The van der Waals surface area contributed by atoms with E-state index in [1.807, 2.05) is 6.92 Å². The third-order valence-electron chi connectivity index (χ3n) is 3.85. The number of rotatable bonds is 8. The second-order valence-electron chi connectivity index (χ2n) is 5.49. The van der Waals surface area contributed by atoms with Crippen LogP contribution in [0.3, 0.4) is 0 Å². The minimum atomic E-state index is -0.782. The van der Waals surface area contributed by atoms with Gasteiger partial charge in [-0.05, 0) is 26.2 Å². The summed E-state index contributed by atoms with van der Waals surface area (Å²) in [4.78, 5) is 25.0. The fourth-order valence-electron chi connectivity index (χ4n) is 2.64. The third kappa shape index (κ3) is 5.51. The van der Waals surface area contributed by atoms with Gasteiger partial charge in [0.05, 0.1) is 25.2 Å². The number of amides is 2. The van der Waals surface area contributed by atoms with Gasteiger partial charge in [0.25, 0.3) is 0 Å². The lowest BCUT2D eigenvalue weighted by atomic mass is 10.1. The highest BCUT2D eigenvalue weighted by atomic mass is 16.5. The highest BCUT2D eigenvalue weighted by molar-refractivity contribution is 5.75. The monoisotopic (exact) mass is 302 g/mol. The molecule has 0 radical (unpaired) electrons. The highest BCUT2D eigenvalue weighted by Gasteiger charge is 2.32. The van der Waals surface area contributed by atoms with Crippen LogP contribution in [0, 0.1) is 5.92 Å². The Hall–Kier alpha value is -1.34. The first-order valence-corrected chi connectivity index (χ1v) is 7.27. The average Bonchev–Trinajstić information content (AvgIpc) is 2.88. The lowest BCUT2D eigenvalue weighted by Gasteiger charge is -2.30. The van der Waals surface area contributed by atoms with Gasteiger partial charge in [0.1, 0.15) is 0 Å². The van der Waals surface area contributed by atoms with Crippen molar-refractivity contribution in [3.8, 4) is 0 Å². The van der Waals surface area contributed by atoms with Crippen molar-refractivity contribution in [3.63, 3.8) is 0 Å². The molecule has 2 N–H and O–H groups in total. The van der Waals surface area contributed by atoms with Crippen molar-refractivity contribution >= 4 is 12.0 Å². The van der Waals surface area contributed by atoms with Crippen LogP contribution in [0.15, 0.2) is 0 Å². The van der Waals surface area contributed by atoms with E-state index in [1.54, 1.807) is 19.1 Å². The summed E-state index contributed by atoms with van der Waals surface area (Å²) < 4.78 is 10.1. The van der Waals surface area contributed by atoms with E-state index in [2.05, 4.69) is 5.32 Å². The quantitative estimate of drug-likeness (QED) is 0.696. The average molecular weight is 302 g/mol. The number of methoxy groups -OCH3 is 2. The molecular formula is C14H26N2O5. The first-order chi connectivity index (χ1) is 9.99. The van der Waals surface area contributed by atoms with Crippen LogP contribution in [-0.4, -0.2) is 68.1 Å². The van der Waals surface area contributed by atoms with E-state index in [0.717, 1.165) is 0 Å². The van der Waals surface area contributed by atoms with Gasteiger partial charge in [0.2, 0.25) is 0 Å². The molecular weight excluding hydrogens is 276 g/mol. The Balaban J connectivity index is 2.53. The Morgan fingerprint density at radius 3 is 2.57 bits per heavy atom. The molecule has 122 valence electrons. The molecule has 0 spiro atoms. The van der Waals surface area contributed by atoms with E-state index < -0.39 is 5.97 Å². The number of carboxylic acid groups (broad SMARTS) is 1. The third-order valence-corrected chi connectivity index (χ3v) is 3.85. The maximum absolute atomic E-state index is 12.4. The topological polar surface area (TPSA) is 88.1 Å². The van der Waals surface area contributed by atoms with Crippen LogP contribution in [0.1, 0.15) is 26.2 Å². The van der Waals surface area contributed by atoms with Crippen molar-refractivity contribution in [1.82, 2.24) is 10.2 Å².